The second-order valence-electron chi connectivity index (χ2n) is 10.5. The SMILES string of the molecule is Cc1cc2c(cc1N(C)C(=O)[C@H](C)NCCO)/N=C(/c1n[nH]c3c1C[C@@H]1C[C@]1(C)C3)CCCN2. The van der Waals surface area contributed by atoms with Crippen molar-refractivity contribution < 1.29 is 9.90 Å². The Bertz CT molecular complexity index is 1140. The van der Waals surface area contributed by atoms with E-state index in [1.165, 1.54) is 17.7 Å². The van der Waals surface area contributed by atoms with Gasteiger partial charge in [0.2, 0.25) is 5.91 Å². The van der Waals surface area contributed by atoms with Gasteiger partial charge in [0.15, 0.2) is 0 Å². The van der Waals surface area contributed by atoms with Crippen LogP contribution in [-0.4, -0.2) is 59.7 Å². The Hall–Kier alpha value is -2.71. The minimum Gasteiger partial charge on any atom is -0.395 e. The molecule has 0 unspecified atom stereocenters. The normalized spacial score (nSPS) is 25.4. The number of aliphatic hydroxyl groups is 1. The third-order valence-corrected chi connectivity index (χ3v) is 7.90. The molecule has 2 aromatic rings. The maximum atomic E-state index is 13.0. The van der Waals surface area contributed by atoms with Crippen molar-refractivity contribution in [3.63, 3.8) is 0 Å². The summed E-state index contributed by atoms with van der Waals surface area (Å²) < 4.78 is 0. The van der Waals surface area contributed by atoms with Gasteiger partial charge in [0.05, 0.1) is 29.7 Å². The summed E-state index contributed by atoms with van der Waals surface area (Å²) in [7, 11) is 1.80. The molecule has 8 heteroatoms. The number of nitrogens with zero attached hydrogens (tertiary/aromatic N) is 3. The van der Waals surface area contributed by atoms with Gasteiger partial charge in [-0.2, -0.15) is 5.10 Å². The number of aryl methyl sites for hydroxylation is 1. The Morgan fingerprint density at radius 1 is 1.41 bits per heavy atom. The number of H-pyrrole nitrogens is 1. The average Bonchev–Trinajstić information content (AvgIpc) is 3.31. The fraction of sp³-hybridized carbons (Fsp3) is 0.577. The largest absolute Gasteiger partial charge is 0.395 e. The summed E-state index contributed by atoms with van der Waals surface area (Å²) in [6.45, 7) is 7.48. The lowest BCUT2D eigenvalue weighted by atomic mass is 9.87. The van der Waals surface area contributed by atoms with Crippen molar-refractivity contribution >= 4 is 28.7 Å². The van der Waals surface area contributed by atoms with Crippen LogP contribution in [0.4, 0.5) is 17.1 Å². The summed E-state index contributed by atoms with van der Waals surface area (Å²) in [5.74, 6) is 0.725. The molecule has 8 nitrogen and oxygen atoms in total. The number of aliphatic imine (C=N–C) groups is 1. The number of benzene rings is 1. The zero-order valence-electron chi connectivity index (χ0n) is 20.7. The number of likely N-dealkylation sites (N-methyl/N-ethyl adjacent to an activating group) is 1. The number of carbonyl (C=O) groups excluding carboxylic acids is 1. The molecule has 3 aliphatic rings. The first kappa shape index (κ1) is 23.1. The van der Waals surface area contributed by atoms with E-state index in [1.54, 1.807) is 11.9 Å². The third-order valence-electron chi connectivity index (χ3n) is 7.90. The number of aliphatic hydroxyl groups excluding tert-OH is 1. The molecule has 0 saturated heterocycles. The summed E-state index contributed by atoms with van der Waals surface area (Å²) in [4.78, 5) is 19.8. The summed E-state index contributed by atoms with van der Waals surface area (Å²) >= 11 is 0. The molecule has 2 aliphatic carbocycles. The van der Waals surface area contributed by atoms with E-state index >= 15 is 0 Å². The van der Waals surface area contributed by atoms with Gasteiger partial charge in [0, 0.05) is 37.1 Å². The second-order valence-corrected chi connectivity index (χ2v) is 10.5. The fourth-order valence-corrected chi connectivity index (χ4v) is 5.61. The minimum atomic E-state index is -0.389. The van der Waals surface area contributed by atoms with Crippen LogP contribution in [0.1, 0.15) is 55.6 Å². The predicted octanol–water partition coefficient (Wildman–Crippen LogP) is 3.10. The first-order chi connectivity index (χ1) is 16.3. The van der Waals surface area contributed by atoms with Crippen LogP contribution in [0, 0.1) is 18.3 Å². The number of hydrogen-bond donors (Lipinski definition) is 4. The van der Waals surface area contributed by atoms with E-state index in [4.69, 9.17) is 15.2 Å². The third kappa shape index (κ3) is 4.14. The van der Waals surface area contributed by atoms with E-state index in [2.05, 4.69) is 28.7 Å². The number of hydrogen-bond acceptors (Lipinski definition) is 6. The number of anilines is 2. The molecule has 0 radical (unpaired) electrons. The monoisotopic (exact) mass is 464 g/mol. The van der Waals surface area contributed by atoms with Crippen LogP contribution in [0.15, 0.2) is 17.1 Å². The van der Waals surface area contributed by atoms with Crippen LogP contribution >= 0.6 is 0 Å². The number of rotatable bonds is 6. The van der Waals surface area contributed by atoms with Gasteiger partial charge < -0.3 is 20.6 Å². The van der Waals surface area contributed by atoms with Gasteiger partial charge in [-0.3, -0.25) is 9.89 Å². The topological polar surface area (TPSA) is 106 Å². The molecule has 1 amide bonds. The fourth-order valence-electron chi connectivity index (χ4n) is 5.61. The molecule has 4 N–H and O–H groups in total. The summed E-state index contributed by atoms with van der Waals surface area (Å²) in [5.41, 5.74) is 8.86. The Balaban J connectivity index is 1.48. The van der Waals surface area contributed by atoms with E-state index in [9.17, 15) is 4.79 Å². The molecule has 1 aromatic heterocycles. The highest BCUT2D eigenvalue weighted by atomic mass is 16.3. The summed E-state index contributed by atoms with van der Waals surface area (Å²) in [5, 5.41) is 23.7. The van der Waals surface area contributed by atoms with Crippen LogP contribution in [0.3, 0.4) is 0 Å². The van der Waals surface area contributed by atoms with Crippen LogP contribution in [0.5, 0.6) is 0 Å². The summed E-state index contributed by atoms with van der Waals surface area (Å²) in [6, 6.07) is 3.71. The van der Waals surface area contributed by atoms with Crippen molar-refractivity contribution in [3.05, 3.63) is 34.6 Å². The molecule has 34 heavy (non-hydrogen) atoms. The molecular formula is C26H36N6O2. The van der Waals surface area contributed by atoms with E-state index in [1.807, 2.05) is 19.9 Å². The molecule has 1 aliphatic heterocycles. The Morgan fingerprint density at radius 3 is 3.03 bits per heavy atom. The lowest BCUT2D eigenvalue weighted by Gasteiger charge is -2.25. The van der Waals surface area contributed by atoms with E-state index in [-0.39, 0.29) is 18.6 Å². The molecule has 5 rings (SSSR count). The van der Waals surface area contributed by atoms with Crippen LogP contribution in [0.25, 0.3) is 0 Å². The van der Waals surface area contributed by atoms with Crippen molar-refractivity contribution in [2.75, 3.05) is 37.0 Å². The molecule has 1 saturated carbocycles. The number of amides is 1. The number of aromatic nitrogens is 2. The van der Waals surface area contributed by atoms with E-state index in [0.717, 1.165) is 72.2 Å². The Labute approximate surface area is 201 Å². The highest BCUT2D eigenvalue weighted by Crippen LogP contribution is 2.59. The molecule has 1 aromatic carbocycles. The van der Waals surface area contributed by atoms with Crippen LogP contribution in [0.2, 0.25) is 0 Å². The van der Waals surface area contributed by atoms with Crippen molar-refractivity contribution in [1.29, 1.82) is 0 Å². The maximum Gasteiger partial charge on any atom is 0.243 e. The Kier molecular flexibility index (Phi) is 5.98. The summed E-state index contributed by atoms with van der Waals surface area (Å²) in [6.07, 6.45) is 5.35. The molecule has 0 bridgehead atoms. The first-order valence-electron chi connectivity index (χ1n) is 12.4. The molecule has 0 spiro atoms. The lowest BCUT2D eigenvalue weighted by molar-refractivity contribution is -0.119. The number of fused-ring (bicyclic) bond motifs is 3. The van der Waals surface area contributed by atoms with Crippen molar-refractivity contribution in [1.82, 2.24) is 15.5 Å². The zero-order chi connectivity index (χ0) is 24.0. The van der Waals surface area contributed by atoms with Crippen LogP contribution < -0.4 is 15.5 Å². The van der Waals surface area contributed by atoms with E-state index < -0.39 is 0 Å². The second kappa shape index (κ2) is 8.82. The van der Waals surface area contributed by atoms with Crippen molar-refractivity contribution in [2.45, 2.75) is 58.9 Å². The number of aromatic amines is 1. The lowest BCUT2D eigenvalue weighted by Crippen LogP contribution is -2.44. The zero-order valence-corrected chi connectivity index (χ0v) is 20.7. The molecule has 3 atom stereocenters. The highest BCUT2D eigenvalue weighted by molar-refractivity contribution is 6.04. The van der Waals surface area contributed by atoms with Crippen molar-refractivity contribution in [3.8, 4) is 0 Å². The number of nitrogens with one attached hydrogen (secondary N) is 3. The van der Waals surface area contributed by atoms with Gasteiger partial charge in [-0.25, -0.2) is 4.99 Å². The Morgan fingerprint density at radius 2 is 2.24 bits per heavy atom. The smallest absolute Gasteiger partial charge is 0.243 e. The predicted molar refractivity (Wildman–Crippen MR) is 135 cm³/mol. The van der Waals surface area contributed by atoms with Gasteiger partial charge in [-0.1, -0.05) is 6.92 Å². The standard InChI is InChI=1S/C26H36N6O2/c1-15-10-20-21(12-23(15)32(4)25(34)16(2)27-8-9-33)29-19(6-5-7-28-20)24-18-11-17-13-26(17,3)14-22(18)30-31-24/h10,12,16-17,27-28,33H,5-9,11,13-14H2,1-4H3,(H,30,31)/b29-19+/t16-,17+,26+/m0/s1. The van der Waals surface area contributed by atoms with E-state index in [0.29, 0.717) is 12.0 Å². The molecule has 182 valence electrons. The first-order valence-corrected chi connectivity index (χ1v) is 12.4. The molecule has 2 heterocycles. The minimum absolute atomic E-state index is 0.000746. The molecule has 1 fully saturated rings. The average molecular weight is 465 g/mol. The van der Waals surface area contributed by atoms with Gasteiger partial charge in [-0.05, 0) is 75.0 Å². The van der Waals surface area contributed by atoms with Gasteiger partial charge in [-0.15, -0.1) is 0 Å². The molecular weight excluding hydrogens is 428 g/mol. The van der Waals surface area contributed by atoms with Gasteiger partial charge in [0.25, 0.3) is 0 Å². The quantitative estimate of drug-likeness (QED) is 0.526. The maximum absolute atomic E-state index is 13.0. The van der Waals surface area contributed by atoms with Gasteiger partial charge in [0.1, 0.15) is 5.69 Å². The van der Waals surface area contributed by atoms with Crippen LogP contribution in [-0.2, 0) is 17.6 Å². The number of carbonyl (C=O) groups is 1. The highest BCUT2D eigenvalue weighted by Gasteiger charge is 2.53. The van der Waals surface area contributed by atoms with Crippen molar-refractivity contribution in [2.24, 2.45) is 16.3 Å². The van der Waals surface area contributed by atoms with Gasteiger partial charge >= 0.3 is 0 Å².